The molecule has 0 bridgehead atoms. The summed E-state index contributed by atoms with van der Waals surface area (Å²) in [6.45, 7) is 10.0. The third-order valence-corrected chi connectivity index (χ3v) is 5.18. The summed E-state index contributed by atoms with van der Waals surface area (Å²) in [5.41, 5.74) is 5.45. The predicted octanol–water partition coefficient (Wildman–Crippen LogP) is 3.33. The first-order valence-corrected chi connectivity index (χ1v) is 9.52. The van der Waals surface area contributed by atoms with Crippen molar-refractivity contribution < 1.29 is 4.79 Å². The lowest BCUT2D eigenvalue weighted by Gasteiger charge is -2.15. The van der Waals surface area contributed by atoms with Gasteiger partial charge in [-0.2, -0.15) is 4.98 Å². The molecule has 3 rings (SSSR count). The van der Waals surface area contributed by atoms with Gasteiger partial charge in [-0.1, -0.05) is 30.0 Å². The Balaban J connectivity index is 1.61. The van der Waals surface area contributed by atoms with Crippen LogP contribution in [0.3, 0.4) is 0 Å². The van der Waals surface area contributed by atoms with Crippen molar-refractivity contribution in [2.75, 3.05) is 5.75 Å². The van der Waals surface area contributed by atoms with Gasteiger partial charge in [-0.3, -0.25) is 4.79 Å². The Morgan fingerprint density at radius 1 is 1.15 bits per heavy atom. The van der Waals surface area contributed by atoms with Crippen LogP contribution in [0.25, 0.3) is 5.78 Å². The summed E-state index contributed by atoms with van der Waals surface area (Å²) < 4.78 is 1.70. The van der Waals surface area contributed by atoms with Gasteiger partial charge < -0.3 is 5.32 Å². The first-order valence-electron chi connectivity index (χ1n) is 8.54. The van der Waals surface area contributed by atoms with Gasteiger partial charge in [0.05, 0.1) is 11.8 Å². The van der Waals surface area contributed by atoms with E-state index in [1.165, 1.54) is 22.9 Å². The van der Waals surface area contributed by atoms with Gasteiger partial charge in [-0.15, -0.1) is 5.10 Å². The fourth-order valence-corrected chi connectivity index (χ4v) is 3.37. The summed E-state index contributed by atoms with van der Waals surface area (Å²) in [6, 6.07) is 8.17. The molecule has 0 saturated carbocycles. The Morgan fingerprint density at radius 2 is 1.92 bits per heavy atom. The minimum Gasteiger partial charge on any atom is -0.349 e. The molecule has 0 aliphatic rings. The maximum Gasteiger partial charge on any atom is 0.253 e. The first-order chi connectivity index (χ1) is 12.3. The molecule has 2 aromatic heterocycles. The number of amides is 1. The number of benzene rings is 1. The number of thioether (sulfide) groups is 1. The summed E-state index contributed by atoms with van der Waals surface area (Å²) in [5, 5.41) is 8.00. The fraction of sp³-hybridized carbons (Fsp3) is 0.368. The van der Waals surface area contributed by atoms with Crippen LogP contribution in [0.2, 0.25) is 0 Å². The van der Waals surface area contributed by atoms with Gasteiger partial charge >= 0.3 is 0 Å². The van der Waals surface area contributed by atoms with Crippen LogP contribution < -0.4 is 5.32 Å². The number of hydrogen-bond acceptors (Lipinski definition) is 5. The molecule has 0 aliphatic heterocycles. The molecule has 1 aromatic carbocycles. The standard InChI is InChI=1S/C19H23N5OS/c1-11-6-7-16(8-12(11)2)15(5)21-17(25)10-26-19-22-18-20-13(3)9-14(4)24(18)23-19/h6-9,15H,10H2,1-5H3,(H,21,25)/t15-/m1/s1. The zero-order chi connectivity index (χ0) is 18.8. The van der Waals surface area contributed by atoms with E-state index in [9.17, 15) is 4.79 Å². The van der Waals surface area contributed by atoms with Crippen molar-refractivity contribution in [3.05, 3.63) is 52.3 Å². The molecule has 1 N–H and O–H groups in total. The van der Waals surface area contributed by atoms with Crippen molar-refractivity contribution in [3.63, 3.8) is 0 Å². The van der Waals surface area contributed by atoms with Crippen LogP contribution >= 0.6 is 11.8 Å². The minimum atomic E-state index is -0.0413. The number of nitrogens with zero attached hydrogens (tertiary/aromatic N) is 4. The Kier molecular flexibility index (Phi) is 5.27. The van der Waals surface area contributed by atoms with Crippen LogP contribution in [0.5, 0.6) is 0 Å². The van der Waals surface area contributed by atoms with Crippen molar-refractivity contribution in [3.8, 4) is 0 Å². The fourth-order valence-electron chi connectivity index (χ4n) is 2.74. The number of rotatable bonds is 5. The monoisotopic (exact) mass is 369 g/mol. The van der Waals surface area contributed by atoms with Crippen molar-refractivity contribution >= 4 is 23.4 Å². The second kappa shape index (κ2) is 7.45. The second-order valence-corrected chi connectivity index (χ2v) is 7.51. The Bertz CT molecular complexity index is 966. The summed E-state index contributed by atoms with van der Waals surface area (Å²) in [7, 11) is 0. The number of fused-ring (bicyclic) bond motifs is 1. The third-order valence-electron chi connectivity index (χ3n) is 4.34. The van der Waals surface area contributed by atoms with Crippen molar-refractivity contribution in [2.45, 2.75) is 45.8 Å². The van der Waals surface area contributed by atoms with Crippen LogP contribution in [0.1, 0.15) is 41.0 Å². The Hall–Kier alpha value is -2.41. The van der Waals surface area contributed by atoms with E-state index in [4.69, 9.17) is 0 Å². The predicted molar refractivity (Wildman–Crippen MR) is 103 cm³/mol. The number of carbonyl (C=O) groups is 1. The lowest BCUT2D eigenvalue weighted by atomic mass is 10.0. The summed E-state index contributed by atoms with van der Waals surface area (Å²) in [4.78, 5) is 21.0. The van der Waals surface area contributed by atoms with Crippen LogP contribution in [-0.4, -0.2) is 31.2 Å². The number of aryl methyl sites for hydroxylation is 4. The highest BCUT2D eigenvalue weighted by atomic mass is 32.2. The van der Waals surface area contributed by atoms with E-state index in [1.807, 2.05) is 26.8 Å². The summed E-state index contributed by atoms with van der Waals surface area (Å²) in [5.74, 6) is 0.791. The largest absolute Gasteiger partial charge is 0.349 e. The number of aromatic nitrogens is 4. The molecule has 1 atom stereocenters. The molecular formula is C19H23N5OS. The molecule has 0 aliphatic carbocycles. The lowest BCUT2D eigenvalue weighted by Crippen LogP contribution is -2.28. The molecule has 0 saturated heterocycles. The van der Waals surface area contributed by atoms with Crippen molar-refractivity contribution in [2.24, 2.45) is 0 Å². The highest BCUT2D eigenvalue weighted by molar-refractivity contribution is 7.99. The average molecular weight is 369 g/mol. The maximum atomic E-state index is 12.3. The summed E-state index contributed by atoms with van der Waals surface area (Å²) >= 11 is 1.32. The Labute approximate surface area is 157 Å². The average Bonchev–Trinajstić information content (AvgIpc) is 2.98. The van der Waals surface area contributed by atoms with Gasteiger partial charge in [0, 0.05) is 11.4 Å². The molecule has 0 fully saturated rings. The first kappa shape index (κ1) is 18.4. The van der Waals surface area contributed by atoms with Gasteiger partial charge in [0.2, 0.25) is 11.1 Å². The zero-order valence-corrected chi connectivity index (χ0v) is 16.5. The van der Waals surface area contributed by atoms with E-state index >= 15 is 0 Å². The molecule has 136 valence electrons. The van der Waals surface area contributed by atoms with E-state index in [0.717, 1.165) is 17.0 Å². The van der Waals surface area contributed by atoms with Gasteiger partial charge in [-0.05, 0) is 57.4 Å². The second-order valence-electron chi connectivity index (χ2n) is 6.57. The van der Waals surface area contributed by atoms with Crippen LogP contribution in [0.4, 0.5) is 0 Å². The SMILES string of the molecule is Cc1cc(C)n2nc(SCC(=O)N[C@H](C)c3ccc(C)c(C)c3)nc2n1. The number of hydrogen-bond donors (Lipinski definition) is 1. The molecule has 3 aromatic rings. The van der Waals surface area contributed by atoms with Gasteiger partial charge in [0.1, 0.15) is 0 Å². The molecule has 6 nitrogen and oxygen atoms in total. The normalized spacial score (nSPS) is 12.3. The number of nitrogens with one attached hydrogen (secondary N) is 1. The maximum absolute atomic E-state index is 12.3. The molecule has 0 radical (unpaired) electrons. The molecule has 7 heteroatoms. The van der Waals surface area contributed by atoms with Gasteiger partial charge in [0.15, 0.2) is 0 Å². The summed E-state index contributed by atoms with van der Waals surface area (Å²) in [6.07, 6.45) is 0. The van der Waals surface area contributed by atoms with Gasteiger partial charge in [0.25, 0.3) is 5.78 Å². The van der Waals surface area contributed by atoms with Crippen LogP contribution in [-0.2, 0) is 4.79 Å². The van der Waals surface area contributed by atoms with E-state index in [0.29, 0.717) is 10.9 Å². The smallest absolute Gasteiger partial charge is 0.253 e. The van der Waals surface area contributed by atoms with Crippen LogP contribution in [0, 0.1) is 27.7 Å². The van der Waals surface area contributed by atoms with Crippen LogP contribution in [0.15, 0.2) is 29.4 Å². The van der Waals surface area contributed by atoms with E-state index in [2.05, 4.69) is 52.4 Å². The quantitative estimate of drug-likeness (QED) is 0.699. The van der Waals surface area contributed by atoms with Crippen molar-refractivity contribution in [1.29, 1.82) is 0 Å². The highest BCUT2D eigenvalue weighted by Gasteiger charge is 2.13. The lowest BCUT2D eigenvalue weighted by molar-refractivity contribution is -0.119. The van der Waals surface area contributed by atoms with E-state index in [1.54, 1.807) is 4.52 Å². The van der Waals surface area contributed by atoms with E-state index in [-0.39, 0.29) is 17.7 Å². The van der Waals surface area contributed by atoms with Crippen molar-refractivity contribution in [1.82, 2.24) is 24.9 Å². The topological polar surface area (TPSA) is 72.2 Å². The molecular weight excluding hydrogens is 346 g/mol. The molecule has 26 heavy (non-hydrogen) atoms. The van der Waals surface area contributed by atoms with E-state index < -0.39 is 0 Å². The number of carbonyl (C=O) groups excluding carboxylic acids is 1. The molecule has 0 spiro atoms. The zero-order valence-electron chi connectivity index (χ0n) is 15.7. The molecule has 1 amide bonds. The molecule has 0 unspecified atom stereocenters. The van der Waals surface area contributed by atoms with Gasteiger partial charge in [-0.25, -0.2) is 9.50 Å². The Morgan fingerprint density at radius 3 is 2.65 bits per heavy atom. The minimum absolute atomic E-state index is 0.0389. The third kappa shape index (κ3) is 4.04. The highest BCUT2D eigenvalue weighted by Crippen LogP contribution is 2.18. The molecule has 2 heterocycles.